The number of alkyl carbamates (subject to hydrolysis) is 1. The number of ether oxygens (including phenoxy) is 2. The summed E-state index contributed by atoms with van der Waals surface area (Å²) in [6.07, 6.45) is 3.49. The molecule has 2 amide bonds. The Morgan fingerprint density at radius 3 is 2.55 bits per heavy atom. The highest BCUT2D eigenvalue weighted by molar-refractivity contribution is 6.43. The molecule has 2 atom stereocenters. The van der Waals surface area contributed by atoms with E-state index in [-0.39, 0.29) is 30.7 Å². The molecular weight excluding hydrogens is 487 g/mol. The first kappa shape index (κ1) is 29.6. The third kappa shape index (κ3) is 8.30. The average Bonchev–Trinajstić information content (AvgIpc) is 2.91. The van der Waals surface area contributed by atoms with Gasteiger partial charge in [0, 0.05) is 25.2 Å². The van der Waals surface area contributed by atoms with Gasteiger partial charge in [0.05, 0.1) is 31.8 Å². The minimum absolute atomic E-state index is 0.0471. The number of likely N-dealkylation sites (tertiary alicyclic amines) is 1. The number of carbonyl (C=O) groups excluding carboxylic acids is 2. The van der Waals surface area contributed by atoms with E-state index in [0.717, 1.165) is 37.1 Å². The molecule has 2 aliphatic heterocycles. The van der Waals surface area contributed by atoms with Gasteiger partial charge in [0.25, 0.3) is 5.91 Å². The molecule has 1 aromatic carbocycles. The van der Waals surface area contributed by atoms with Crippen LogP contribution in [0.2, 0.25) is 0 Å². The summed E-state index contributed by atoms with van der Waals surface area (Å²) in [6, 6.07) is 7.19. The highest BCUT2D eigenvalue weighted by atomic mass is 16.5. The lowest BCUT2D eigenvalue weighted by Gasteiger charge is -2.40. The summed E-state index contributed by atoms with van der Waals surface area (Å²) in [5.41, 5.74) is 1.49. The van der Waals surface area contributed by atoms with E-state index in [1.165, 1.54) is 0 Å². The van der Waals surface area contributed by atoms with Crippen LogP contribution < -0.4 is 5.32 Å². The molecule has 0 saturated carbocycles. The van der Waals surface area contributed by atoms with Gasteiger partial charge in [-0.25, -0.2) is 9.64 Å². The van der Waals surface area contributed by atoms with Crippen molar-refractivity contribution in [3.05, 3.63) is 58.6 Å². The number of piperidine rings is 1. The smallest absolute Gasteiger partial charge is 0.447 e. The Morgan fingerprint density at radius 2 is 1.92 bits per heavy atom. The Balaban J connectivity index is 1.61. The van der Waals surface area contributed by atoms with E-state index in [2.05, 4.69) is 15.1 Å². The Bertz CT molecular complexity index is 1020. The first-order valence-corrected chi connectivity index (χ1v) is 13.2. The van der Waals surface area contributed by atoms with Crippen LogP contribution in [0.4, 0.5) is 4.79 Å². The van der Waals surface area contributed by atoms with E-state index in [0.29, 0.717) is 26.2 Å². The van der Waals surface area contributed by atoms with E-state index < -0.39 is 24.7 Å². The van der Waals surface area contributed by atoms with E-state index >= 15 is 0 Å². The molecule has 2 heterocycles. The molecule has 3 rings (SSSR count). The number of carbonyl (C=O) groups is 2. The second kappa shape index (κ2) is 13.8. The number of nitrogens with zero attached hydrogens (tertiary/aromatic N) is 3. The van der Waals surface area contributed by atoms with Gasteiger partial charge in [-0.3, -0.25) is 9.69 Å². The van der Waals surface area contributed by atoms with Crippen LogP contribution in [0.15, 0.2) is 36.0 Å². The standard InChI is InChI=1S/C27H39BN4O6/c1-20-8-10-21(11-9-20)17-24(28(35)36)30-26(34)38-19-22-7-5-6-12-32(22)25(33)23(29-4)18-27(2,3)31-13-15-37-16-14-31/h8-11,18,22,24,35-36H,5-7,12-17,19H2,1-3H3,(H,30,34)/t22-,24+/m1/s1. The maximum absolute atomic E-state index is 13.4. The lowest BCUT2D eigenvalue weighted by atomic mass is 9.76. The van der Waals surface area contributed by atoms with Crippen molar-refractivity contribution < 1.29 is 29.1 Å². The molecule has 0 unspecified atom stereocenters. The summed E-state index contributed by atoms with van der Waals surface area (Å²) < 4.78 is 10.9. The van der Waals surface area contributed by atoms with Crippen molar-refractivity contribution >= 4 is 19.1 Å². The van der Waals surface area contributed by atoms with Crippen LogP contribution in [0.1, 0.15) is 44.2 Å². The molecule has 10 nitrogen and oxygen atoms in total. The molecule has 38 heavy (non-hydrogen) atoms. The van der Waals surface area contributed by atoms with Crippen molar-refractivity contribution in [1.29, 1.82) is 0 Å². The van der Waals surface area contributed by atoms with Crippen LogP contribution in [0.25, 0.3) is 4.85 Å². The third-order valence-electron chi connectivity index (χ3n) is 7.19. The van der Waals surface area contributed by atoms with Crippen LogP contribution in [0.3, 0.4) is 0 Å². The first-order valence-electron chi connectivity index (χ1n) is 13.2. The summed E-state index contributed by atoms with van der Waals surface area (Å²) in [6.45, 7) is 16.7. The maximum Gasteiger partial charge on any atom is 0.475 e. The maximum atomic E-state index is 13.4. The van der Waals surface area contributed by atoms with Gasteiger partial charge in [0.15, 0.2) is 0 Å². The SMILES string of the molecule is [C-]#[N+]C(=CC(C)(C)N1CCOCC1)C(=O)N1CCCC[C@@H]1COC(=O)N[C@@H](Cc1ccc(C)cc1)B(O)O. The molecule has 2 aliphatic rings. The minimum Gasteiger partial charge on any atom is -0.447 e. The predicted octanol–water partition coefficient (Wildman–Crippen LogP) is 1.94. The van der Waals surface area contributed by atoms with Crippen molar-refractivity contribution in [2.45, 2.75) is 64.0 Å². The fourth-order valence-corrected chi connectivity index (χ4v) is 4.87. The fourth-order valence-electron chi connectivity index (χ4n) is 4.87. The number of benzene rings is 1. The van der Waals surface area contributed by atoms with Crippen LogP contribution in [-0.2, 0) is 20.7 Å². The van der Waals surface area contributed by atoms with Gasteiger partial charge in [-0.2, -0.15) is 0 Å². The van der Waals surface area contributed by atoms with Gasteiger partial charge in [0.1, 0.15) is 6.61 Å². The van der Waals surface area contributed by atoms with Crippen LogP contribution in [-0.4, -0.2) is 95.9 Å². The third-order valence-corrected chi connectivity index (χ3v) is 7.19. The summed E-state index contributed by atoms with van der Waals surface area (Å²) in [5, 5.41) is 22.1. The van der Waals surface area contributed by atoms with Crippen LogP contribution >= 0.6 is 0 Å². The van der Waals surface area contributed by atoms with Crippen molar-refractivity contribution in [2.24, 2.45) is 0 Å². The zero-order chi connectivity index (χ0) is 27.7. The number of hydrogen-bond donors (Lipinski definition) is 3. The van der Waals surface area contributed by atoms with Crippen LogP contribution in [0.5, 0.6) is 0 Å². The first-order chi connectivity index (χ1) is 18.1. The van der Waals surface area contributed by atoms with E-state index in [1.54, 1.807) is 11.0 Å². The van der Waals surface area contributed by atoms with Gasteiger partial charge >= 0.3 is 13.2 Å². The Labute approximate surface area is 225 Å². The lowest BCUT2D eigenvalue weighted by molar-refractivity contribution is -0.131. The van der Waals surface area contributed by atoms with Gasteiger partial charge in [0.2, 0.25) is 5.70 Å². The van der Waals surface area contributed by atoms with Gasteiger partial charge < -0.3 is 29.7 Å². The molecule has 0 aliphatic carbocycles. The number of rotatable bonds is 9. The second-order valence-electron chi connectivity index (χ2n) is 10.5. The van der Waals surface area contributed by atoms with Gasteiger partial charge in [-0.15, -0.1) is 0 Å². The molecule has 2 saturated heterocycles. The lowest BCUT2D eigenvalue weighted by Crippen LogP contribution is -2.51. The molecule has 0 radical (unpaired) electrons. The molecular formula is C27H39BN4O6. The summed E-state index contributed by atoms with van der Waals surface area (Å²) in [5.74, 6) is -1.31. The molecule has 206 valence electrons. The largest absolute Gasteiger partial charge is 0.475 e. The Hall–Kier alpha value is -2.91. The van der Waals surface area contributed by atoms with Crippen molar-refractivity contribution in [2.75, 3.05) is 39.5 Å². The van der Waals surface area contributed by atoms with E-state index in [9.17, 15) is 19.6 Å². The zero-order valence-corrected chi connectivity index (χ0v) is 22.6. The Morgan fingerprint density at radius 1 is 1.24 bits per heavy atom. The van der Waals surface area contributed by atoms with Crippen LogP contribution in [0, 0.1) is 13.5 Å². The summed E-state index contributed by atoms with van der Waals surface area (Å²) >= 11 is 0. The average molecular weight is 526 g/mol. The number of hydrogen-bond acceptors (Lipinski definition) is 7. The summed E-state index contributed by atoms with van der Waals surface area (Å²) in [4.78, 5) is 33.3. The fraction of sp³-hybridized carbons (Fsp3) is 0.593. The van der Waals surface area contributed by atoms with Crippen molar-refractivity contribution in [3.8, 4) is 0 Å². The second-order valence-corrected chi connectivity index (χ2v) is 10.5. The molecule has 3 N–H and O–H groups in total. The van der Waals surface area contributed by atoms with Crippen molar-refractivity contribution in [1.82, 2.24) is 15.1 Å². The number of nitrogens with one attached hydrogen (secondary N) is 1. The topological polar surface area (TPSA) is 116 Å². The number of morpholine rings is 1. The predicted molar refractivity (Wildman–Crippen MR) is 144 cm³/mol. The zero-order valence-electron chi connectivity index (χ0n) is 22.6. The normalized spacial score (nSPS) is 19.8. The highest BCUT2D eigenvalue weighted by Gasteiger charge is 2.34. The quantitative estimate of drug-likeness (QED) is 0.256. The number of aryl methyl sites for hydroxylation is 1. The summed E-state index contributed by atoms with van der Waals surface area (Å²) in [7, 11) is -1.77. The Kier molecular flexibility index (Phi) is 10.7. The monoisotopic (exact) mass is 526 g/mol. The molecule has 0 spiro atoms. The van der Waals surface area contributed by atoms with E-state index in [4.69, 9.17) is 16.0 Å². The van der Waals surface area contributed by atoms with Crippen molar-refractivity contribution in [3.63, 3.8) is 0 Å². The van der Waals surface area contributed by atoms with Gasteiger partial charge in [-0.1, -0.05) is 35.9 Å². The highest BCUT2D eigenvalue weighted by Crippen LogP contribution is 2.24. The van der Waals surface area contributed by atoms with E-state index in [1.807, 2.05) is 45.0 Å². The molecule has 11 heteroatoms. The molecule has 2 fully saturated rings. The molecule has 0 aromatic heterocycles. The number of amides is 2. The minimum atomic E-state index is -1.77. The molecule has 0 bridgehead atoms. The van der Waals surface area contributed by atoms with Gasteiger partial charge in [-0.05, 0) is 52.0 Å². The molecule has 1 aromatic rings.